The van der Waals surface area contributed by atoms with Gasteiger partial charge in [-0.1, -0.05) is 216 Å². The molecular weight excluding hydrogens is 877 g/mol. The van der Waals surface area contributed by atoms with Gasteiger partial charge < -0.3 is 4.42 Å². The number of aromatic nitrogens is 4. The van der Waals surface area contributed by atoms with Gasteiger partial charge in [0.05, 0.1) is 11.0 Å². The summed E-state index contributed by atoms with van der Waals surface area (Å²) < 4.78 is 8.64. The molecule has 3 heterocycles. The Hall–Kier alpha value is -8.93. The minimum Gasteiger partial charge on any atom is -0.456 e. The van der Waals surface area contributed by atoms with Crippen LogP contribution in [0.15, 0.2) is 223 Å². The SMILES string of the molecule is CC1(C)c2ccccc2-c2c(-c3cccc(-c4cccc(-c5cccc6c7c8ccccc8ccc7n(-c7nc(-c8ccccc8)nc(-c8ccc9c(c8)oc8ccccc89)n7)c56)c4)c3)cccc21.CCC. The van der Waals surface area contributed by atoms with Crippen molar-refractivity contribution in [3.63, 3.8) is 0 Å². The van der Waals surface area contributed by atoms with Crippen LogP contribution in [0.25, 0.3) is 128 Å². The third-order valence-electron chi connectivity index (χ3n) is 14.5. The van der Waals surface area contributed by atoms with E-state index < -0.39 is 0 Å². The molecule has 10 aromatic carbocycles. The van der Waals surface area contributed by atoms with Gasteiger partial charge in [0.1, 0.15) is 11.2 Å². The monoisotopic (exact) mass is 926 g/mol. The second kappa shape index (κ2) is 17.2. The Balaban J connectivity index is 0.00000164. The van der Waals surface area contributed by atoms with E-state index in [2.05, 4.69) is 214 Å². The van der Waals surface area contributed by atoms with Crippen molar-refractivity contribution in [1.82, 2.24) is 19.5 Å². The van der Waals surface area contributed by atoms with Crippen LogP contribution in [0.4, 0.5) is 0 Å². The lowest BCUT2D eigenvalue weighted by Gasteiger charge is -2.21. The summed E-state index contributed by atoms with van der Waals surface area (Å²) in [6, 6.07) is 78.0. The van der Waals surface area contributed by atoms with Crippen LogP contribution in [0.2, 0.25) is 0 Å². The molecule has 5 heteroatoms. The van der Waals surface area contributed by atoms with E-state index in [1.807, 2.05) is 36.4 Å². The number of hydrogen-bond donors (Lipinski definition) is 0. The molecular formula is C67H50N4O. The second-order valence-electron chi connectivity index (χ2n) is 19.4. The fraction of sp³-hybridized carbons (Fsp3) is 0.0896. The van der Waals surface area contributed by atoms with Gasteiger partial charge >= 0.3 is 0 Å². The van der Waals surface area contributed by atoms with E-state index in [-0.39, 0.29) is 5.41 Å². The fourth-order valence-corrected chi connectivity index (χ4v) is 11.2. The molecule has 0 amide bonds. The van der Waals surface area contributed by atoms with E-state index in [0.717, 1.165) is 77.1 Å². The molecule has 0 spiro atoms. The average molecular weight is 927 g/mol. The molecule has 14 rings (SSSR count). The molecule has 0 aliphatic heterocycles. The molecule has 1 aliphatic carbocycles. The first kappa shape index (κ1) is 43.1. The molecule has 13 aromatic rings. The topological polar surface area (TPSA) is 56.7 Å². The number of para-hydroxylation sites is 2. The molecule has 0 saturated carbocycles. The van der Waals surface area contributed by atoms with E-state index >= 15 is 0 Å². The molecule has 344 valence electrons. The molecule has 1 aliphatic rings. The maximum absolute atomic E-state index is 6.38. The summed E-state index contributed by atoms with van der Waals surface area (Å²) in [5, 5.41) is 6.76. The van der Waals surface area contributed by atoms with E-state index in [1.54, 1.807) is 0 Å². The number of hydrogen-bond acceptors (Lipinski definition) is 4. The third-order valence-corrected chi connectivity index (χ3v) is 14.5. The highest BCUT2D eigenvalue weighted by atomic mass is 16.3. The van der Waals surface area contributed by atoms with Crippen molar-refractivity contribution < 1.29 is 4.42 Å². The predicted molar refractivity (Wildman–Crippen MR) is 300 cm³/mol. The summed E-state index contributed by atoms with van der Waals surface area (Å²) in [5.41, 5.74) is 17.7. The first-order chi connectivity index (χ1) is 35.4. The van der Waals surface area contributed by atoms with Gasteiger partial charge in [0, 0.05) is 43.7 Å². The van der Waals surface area contributed by atoms with Gasteiger partial charge in [0.15, 0.2) is 11.6 Å². The van der Waals surface area contributed by atoms with Crippen molar-refractivity contribution in [1.29, 1.82) is 0 Å². The van der Waals surface area contributed by atoms with Gasteiger partial charge in [-0.2, -0.15) is 9.97 Å². The first-order valence-electron chi connectivity index (χ1n) is 25.0. The largest absolute Gasteiger partial charge is 0.456 e. The van der Waals surface area contributed by atoms with Gasteiger partial charge in [-0.3, -0.25) is 4.57 Å². The summed E-state index contributed by atoms with van der Waals surface area (Å²) in [6.07, 6.45) is 1.25. The van der Waals surface area contributed by atoms with Crippen LogP contribution >= 0.6 is 0 Å². The summed E-state index contributed by atoms with van der Waals surface area (Å²) >= 11 is 0. The van der Waals surface area contributed by atoms with Gasteiger partial charge in [0.2, 0.25) is 5.95 Å². The zero-order valence-corrected chi connectivity index (χ0v) is 40.7. The summed E-state index contributed by atoms with van der Waals surface area (Å²) in [4.78, 5) is 15.9. The van der Waals surface area contributed by atoms with Gasteiger partial charge in [-0.15, -0.1) is 0 Å². The molecule has 72 heavy (non-hydrogen) atoms. The lowest BCUT2D eigenvalue weighted by molar-refractivity contribution is 0.660. The molecule has 0 N–H and O–H groups in total. The molecule has 5 nitrogen and oxygen atoms in total. The van der Waals surface area contributed by atoms with E-state index in [0.29, 0.717) is 17.6 Å². The maximum Gasteiger partial charge on any atom is 0.238 e. The zero-order chi connectivity index (χ0) is 48.5. The van der Waals surface area contributed by atoms with Crippen molar-refractivity contribution in [2.45, 2.75) is 39.5 Å². The van der Waals surface area contributed by atoms with E-state index in [9.17, 15) is 0 Å². The summed E-state index contributed by atoms with van der Waals surface area (Å²) in [6.45, 7) is 8.94. The quantitative estimate of drug-likeness (QED) is 0.167. The summed E-state index contributed by atoms with van der Waals surface area (Å²) in [7, 11) is 0. The van der Waals surface area contributed by atoms with Crippen molar-refractivity contribution >= 4 is 54.5 Å². The minimum absolute atomic E-state index is 0.0700. The van der Waals surface area contributed by atoms with E-state index in [4.69, 9.17) is 19.4 Å². The number of furan rings is 1. The Kier molecular flexibility index (Phi) is 10.3. The van der Waals surface area contributed by atoms with Crippen LogP contribution in [-0.2, 0) is 5.41 Å². The Morgan fingerprint density at radius 3 is 1.79 bits per heavy atom. The molecule has 0 unspecified atom stereocenters. The van der Waals surface area contributed by atoms with Gasteiger partial charge in [-0.05, 0) is 97.2 Å². The fourth-order valence-electron chi connectivity index (χ4n) is 11.2. The van der Waals surface area contributed by atoms with Crippen molar-refractivity contribution in [2.75, 3.05) is 0 Å². The molecule has 0 fully saturated rings. The van der Waals surface area contributed by atoms with Crippen molar-refractivity contribution in [2.24, 2.45) is 0 Å². The molecule has 0 radical (unpaired) electrons. The van der Waals surface area contributed by atoms with Gasteiger partial charge in [-0.25, -0.2) is 4.98 Å². The first-order valence-corrected chi connectivity index (χ1v) is 25.0. The van der Waals surface area contributed by atoms with Crippen LogP contribution < -0.4 is 0 Å². The van der Waals surface area contributed by atoms with Crippen LogP contribution in [0.5, 0.6) is 0 Å². The second-order valence-corrected chi connectivity index (χ2v) is 19.4. The van der Waals surface area contributed by atoms with E-state index in [1.165, 1.54) is 50.6 Å². The standard InChI is InChI=1S/C64H42N4O.C3H8/c1-64(2)53-29-10-8-25-51(53)58-47(26-15-30-54(58)64)43-21-12-19-41(36-43)42-20-13-22-44(37-42)48-27-14-28-52-59-46-23-7-6-16-39(46)33-35-55(59)68(60(48)52)63-66-61(40-17-4-3-5-18-40)65-62(67-63)45-32-34-50-49-24-9-11-31-56(49)69-57(50)38-45;1-3-2/h3-38H,1-2H3;3H2,1-2H3. The molecule has 0 bridgehead atoms. The van der Waals surface area contributed by atoms with Gasteiger partial charge in [0.25, 0.3) is 0 Å². The smallest absolute Gasteiger partial charge is 0.238 e. The highest BCUT2D eigenvalue weighted by Crippen LogP contribution is 2.52. The molecule has 3 aromatic heterocycles. The maximum atomic E-state index is 6.38. The normalized spacial score (nSPS) is 12.6. The lowest BCUT2D eigenvalue weighted by Crippen LogP contribution is -2.14. The highest BCUT2D eigenvalue weighted by Gasteiger charge is 2.36. The Morgan fingerprint density at radius 2 is 0.986 bits per heavy atom. The van der Waals surface area contributed by atoms with Crippen molar-refractivity contribution in [3.8, 4) is 73.2 Å². The molecule has 0 saturated heterocycles. The molecule has 0 atom stereocenters. The average Bonchev–Trinajstić information content (AvgIpc) is 4.06. The third kappa shape index (κ3) is 6.95. The highest BCUT2D eigenvalue weighted by molar-refractivity contribution is 6.23. The number of nitrogens with zero attached hydrogens (tertiary/aromatic N) is 4. The van der Waals surface area contributed by atoms with Crippen LogP contribution in [0.3, 0.4) is 0 Å². The zero-order valence-electron chi connectivity index (χ0n) is 40.7. The number of rotatable bonds is 6. The number of benzene rings is 10. The minimum atomic E-state index is -0.0700. The Morgan fingerprint density at radius 1 is 0.417 bits per heavy atom. The van der Waals surface area contributed by atoms with Crippen LogP contribution in [0.1, 0.15) is 45.2 Å². The van der Waals surface area contributed by atoms with Crippen LogP contribution in [-0.4, -0.2) is 19.5 Å². The Bertz CT molecular complexity index is 4250. The van der Waals surface area contributed by atoms with Crippen LogP contribution in [0, 0.1) is 0 Å². The summed E-state index contributed by atoms with van der Waals surface area (Å²) in [5.74, 6) is 1.69. The predicted octanol–water partition coefficient (Wildman–Crippen LogP) is 18.1. The number of fused-ring (bicyclic) bond motifs is 11. The Labute approximate surface area is 418 Å². The lowest BCUT2D eigenvalue weighted by atomic mass is 9.82. The van der Waals surface area contributed by atoms with Crippen molar-refractivity contribution in [3.05, 3.63) is 230 Å².